The van der Waals surface area contributed by atoms with E-state index < -0.39 is 0 Å². The second kappa shape index (κ2) is 5.37. The quantitative estimate of drug-likeness (QED) is 0.735. The molecule has 3 aromatic rings. The van der Waals surface area contributed by atoms with Crippen LogP contribution in [0.5, 0.6) is 0 Å². The first kappa shape index (κ1) is 13.9. The summed E-state index contributed by atoms with van der Waals surface area (Å²) in [6, 6.07) is 8.92. The maximum absolute atomic E-state index is 4.22. The molecule has 0 saturated carbocycles. The standard InChI is InChI=1S/C17H22N4/c1-13-5-6-17-15(7-13)8-16(21(17)4)12-19(2)10-14-9-18-20(3)11-14/h5-9,11H,10,12H2,1-4H3. The SMILES string of the molecule is Cc1ccc2c(c1)cc(CN(C)Cc1cnn(C)c1)n2C. The Balaban J connectivity index is 1.79. The first-order valence-electron chi connectivity index (χ1n) is 7.24. The van der Waals surface area contributed by atoms with E-state index >= 15 is 0 Å². The molecule has 0 aliphatic heterocycles. The molecule has 4 heteroatoms. The molecule has 2 aromatic heterocycles. The van der Waals surface area contributed by atoms with E-state index in [1.165, 1.54) is 27.7 Å². The van der Waals surface area contributed by atoms with E-state index in [1.54, 1.807) is 0 Å². The van der Waals surface area contributed by atoms with Crippen LogP contribution in [0.2, 0.25) is 0 Å². The summed E-state index contributed by atoms with van der Waals surface area (Å²) >= 11 is 0. The maximum atomic E-state index is 4.22. The van der Waals surface area contributed by atoms with Gasteiger partial charge in [0.05, 0.1) is 6.20 Å². The van der Waals surface area contributed by atoms with Crippen molar-refractivity contribution in [2.24, 2.45) is 14.1 Å². The smallest absolute Gasteiger partial charge is 0.0534 e. The minimum atomic E-state index is 0.911. The lowest BCUT2D eigenvalue weighted by Gasteiger charge is -2.16. The lowest BCUT2D eigenvalue weighted by molar-refractivity contribution is 0.312. The van der Waals surface area contributed by atoms with Crippen molar-refractivity contribution in [3.63, 3.8) is 0 Å². The Kier molecular flexibility index (Phi) is 3.55. The van der Waals surface area contributed by atoms with Gasteiger partial charge >= 0.3 is 0 Å². The number of hydrogen-bond acceptors (Lipinski definition) is 2. The largest absolute Gasteiger partial charge is 0.346 e. The van der Waals surface area contributed by atoms with Crippen LogP contribution >= 0.6 is 0 Å². The molecular formula is C17H22N4. The highest BCUT2D eigenvalue weighted by Gasteiger charge is 2.09. The number of benzene rings is 1. The number of aromatic nitrogens is 3. The van der Waals surface area contributed by atoms with Gasteiger partial charge in [-0.1, -0.05) is 11.6 Å². The summed E-state index contributed by atoms with van der Waals surface area (Å²) in [6.45, 7) is 3.98. The lowest BCUT2D eigenvalue weighted by Crippen LogP contribution is -2.18. The Hall–Kier alpha value is -2.07. The van der Waals surface area contributed by atoms with E-state index in [0.717, 1.165) is 13.1 Å². The van der Waals surface area contributed by atoms with Crippen LogP contribution in [-0.2, 0) is 27.2 Å². The van der Waals surface area contributed by atoms with Crippen LogP contribution < -0.4 is 0 Å². The summed E-state index contributed by atoms with van der Waals surface area (Å²) in [4.78, 5) is 2.32. The van der Waals surface area contributed by atoms with Gasteiger partial charge in [0.25, 0.3) is 0 Å². The zero-order chi connectivity index (χ0) is 15.0. The van der Waals surface area contributed by atoms with Gasteiger partial charge in [0.1, 0.15) is 0 Å². The minimum absolute atomic E-state index is 0.911. The highest BCUT2D eigenvalue weighted by Crippen LogP contribution is 2.21. The van der Waals surface area contributed by atoms with E-state index in [1.807, 2.05) is 17.9 Å². The van der Waals surface area contributed by atoms with Crippen molar-refractivity contribution < 1.29 is 0 Å². The van der Waals surface area contributed by atoms with Gasteiger partial charge < -0.3 is 4.57 Å². The fraction of sp³-hybridized carbons (Fsp3) is 0.353. The zero-order valence-electron chi connectivity index (χ0n) is 13.2. The molecule has 4 nitrogen and oxygen atoms in total. The maximum Gasteiger partial charge on any atom is 0.0534 e. The number of aryl methyl sites for hydroxylation is 3. The third kappa shape index (κ3) is 2.85. The van der Waals surface area contributed by atoms with Gasteiger partial charge in [-0.2, -0.15) is 5.10 Å². The Morgan fingerprint density at radius 2 is 1.95 bits per heavy atom. The molecule has 0 aliphatic rings. The second-order valence-electron chi connectivity index (χ2n) is 5.95. The van der Waals surface area contributed by atoms with Crippen LogP contribution in [0.25, 0.3) is 10.9 Å². The number of hydrogen-bond donors (Lipinski definition) is 0. The monoisotopic (exact) mass is 282 g/mol. The molecule has 2 heterocycles. The predicted octanol–water partition coefficient (Wildman–Crippen LogP) is 2.85. The molecule has 21 heavy (non-hydrogen) atoms. The van der Waals surface area contributed by atoms with Crippen LogP contribution in [0, 0.1) is 6.92 Å². The van der Waals surface area contributed by atoms with E-state index in [2.05, 4.69) is 66.0 Å². The summed E-state index contributed by atoms with van der Waals surface area (Å²) in [6.07, 6.45) is 4.00. The first-order chi connectivity index (χ1) is 10.0. The molecule has 0 unspecified atom stereocenters. The average molecular weight is 282 g/mol. The fourth-order valence-electron chi connectivity index (χ4n) is 2.88. The average Bonchev–Trinajstić information content (AvgIpc) is 2.94. The second-order valence-corrected chi connectivity index (χ2v) is 5.95. The summed E-state index contributed by atoms with van der Waals surface area (Å²) in [7, 11) is 6.25. The third-order valence-electron chi connectivity index (χ3n) is 3.94. The Bertz CT molecular complexity index is 766. The highest BCUT2D eigenvalue weighted by atomic mass is 15.2. The van der Waals surface area contributed by atoms with E-state index in [4.69, 9.17) is 0 Å². The molecule has 0 fully saturated rings. The Labute approximate surface area is 125 Å². The molecule has 0 radical (unpaired) electrons. The zero-order valence-corrected chi connectivity index (χ0v) is 13.2. The van der Waals surface area contributed by atoms with Crippen molar-refractivity contribution in [1.29, 1.82) is 0 Å². The van der Waals surface area contributed by atoms with Gasteiger partial charge in [0.15, 0.2) is 0 Å². The van der Waals surface area contributed by atoms with Crippen molar-refractivity contribution in [2.75, 3.05) is 7.05 Å². The number of nitrogens with zero attached hydrogens (tertiary/aromatic N) is 4. The van der Waals surface area contributed by atoms with Crippen LogP contribution in [0.4, 0.5) is 0 Å². The number of fused-ring (bicyclic) bond motifs is 1. The molecule has 0 N–H and O–H groups in total. The van der Waals surface area contributed by atoms with Gasteiger partial charge in [0.2, 0.25) is 0 Å². The van der Waals surface area contributed by atoms with E-state index in [-0.39, 0.29) is 0 Å². The van der Waals surface area contributed by atoms with Gasteiger partial charge in [0, 0.05) is 55.5 Å². The molecule has 0 aliphatic carbocycles. The van der Waals surface area contributed by atoms with E-state index in [9.17, 15) is 0 Å². The van der Waals surface area contributed by atoms with Crippen molar-refractivity contribution in [3.05, 3.63) is 53.5 Å². The van der Waals surface area contributed by atoms with Crippen LogP contribution in [0.3, 0.4) is 0 Å². The normalized spacial score (nSPS) is 11.7. The summed E-state index contributed by atoms with van der Waals surface area (Å²) in [5.41, 5.74) is 5.19. The Morgan fingerprint density at radius 3 is 2.67 bits per heavy atom. The van der Waals surface area contributed by atoms with Gasteiger partial charge in [-0.25, -0.2) is 0 Å². The molecule has 0 spiro atoms. The fourth-order valence-corrected chi connectivity index (χ4v) is 2.88. The molecule has 1 aromatic carbocycles. The predicted molar refractivity (Wildman–Crippen MR) is 86.0 cm³/mol. The third-order valence-corrected chi connectivity index (χ3v) is 3.94. The van der Waals surface area contributed by atoms with Crippen LogP contribution in [-0.4, -0.2) is 26.3 Å². The summed E-state index contributed by atoms with van der Waals surface area (Å²) < 4.78 is 4.14. The molecule has 110 valence electrons. The van der Waals surface area contributed by atoms with Crippen molar-refractivity contribution in [3.8, 4) is 0 Å². The molecule has 3 rings (SSSR count). The van der Waals surface area contributed by atoms with Gasteiger partial charge in [-0.3, -0.25) is 9.58 Å². The van der Waals surface area contributed by atoms with Crippen molar-refractivity contribution >= 4 is 10.9 Å². The molecule has 0 amide bonds. The minimum Gasteiger partial charge on any atom is -0.346 e. The number of rotatable bonds is 4. The topological polar surface area (TPSA) is 26.0 Å². The Morgan fingerprint density at radius 1 is 1.14 bits per heavy atom. The highest BCUT2D eigenvalue weighted by molar-refractivity contribution is 5.82. The van der Waals surface area contributed by atoms with Gasteiger partial charge in [-0.05, 0) is 32.2 Å². The summed E-state index contributed by atoms with van der Waals surface area (Å²) in [5, 5.41) is 5.55. The van der Waals surface area contributed by atoms with Gasteiger partial charge in [-0.15, -0.1) is 0 Å². The van der Waals surface area contributed by atoms with Crippen molar-refractivity contribution in [1.82, 2.24) is 19.2 Å². The van der Waals surface area contributed by atoms with Crippen LogP contribution in [0.1, 0.15) is 16.8 Å². The lowest BCUT2D eigenvalue weighted by atomic mass is 10.2. The molecular weight excluding hydrogens is 260 g/mol. The molecule has 0 atom stereocenters. The molecule has 0 saturated heterocycles. The van der Waals surface area contributed by atoms with Crippen molar-refractivity contribution in [2.45, 2.75) is 20.0 Å². The molecule has 0 bridgehead atoms. The van der Waals surface area contributed by atoms with E-state index in [0.29, 0.717) is 0 Å². The first-order valence-corrected chi connectivity index (χ1v) is 7.24. The van der Waals surface area contributed by atoms with Crippen LogP contribution in [0.15, 0.2) is 36.7 Å². The summed E-state index contributed by atoms with van der Waals surface area (Å²) in [5.74, 6) is 0.